The van der Waals surface area contributed by atoms with Gasteiger partial charge in [0, 0.05) is 19.7 Å². The molecule has 1 rings (SSSR count). The topological polar surface area (TPSA) is 66.8 Å². The second-order valence-electron chi connectivity index (χ2n) is 4.98. The molecule has 0 aromatic heterocycles. The van der Waals surface area contributed by atoms with Crippen molar-refractivity contribution in [2.24, 2.45) is 11.8 Å². The van der Waals surface area contributed by atoms with Crippen LogP contribution in [0.5, 0.6) is 0 Å². The molecular formula is C13H23NO4S. The molecule has 0 aromatic carbocycles. The number of piperidine rings is 1. The Morgan fingerprint density at radius 1 is 1.42 bits per heavy atom. The number of ether oxygens (including phenoxy) is 1. The minimum atomic E-state index is -0.168. The molecule has 1 amide bonds. The SMILES string of the molecule is COC(=O)C1CCN(C(=O)CSCC(C)CO)CC1. The van der Waals surface area contributed by atoms with Gasteiger partial charge in [0.1, 0.15) is 0 Å². The van der Waals surface area contributed by atoms with Crippen LogP contribution in [0.1, 0.15) is 19.8 Å². The van der Waals surface area contributed by atoms with Crippen LogP contribution in [0.15, 0.2) is 0 Å². The summed E-state index contributed by atoms with van der Waals surface area (Å²) in [6.45, 7) is 3.38. The molecule has 0 spiro atoms. The van der Waals surface area contributed by atoms with Crippen LogP contribution >= 0.6 is 11.8 Å². The maximum absolute atomic E-state index is 11.9. The number of hydrogen-bond acceptors (Lipinski definition) is 5. The Labute approximate surface area is 118 Å². The molecular weight excluding hydrogens is 266 g/mol. The van der Waals surface area contributed by atoms with Gasteiger partial charge in [-0.15, -0.1) is 0 Å². The number of thioether (sulfide) groups is 1. The van der Waals surface area contributed by atoms with Gasteiger partial charge in [-0.25, -0.2) is 0 Å². The lowest BCUT2D eigenvalue weighted by molar-refractivity contribution is -0.148. The van der Waals surface area contributed by atoms with Crippen molar-refractivity contribution in [3.63, 3.8) is 0 Å². The van der Waals surface area contributed by atoms with Crippen molar-refractivity contribution in [3.05, 3.63) is 0 Å². The molecule has 0 aromatic rings. The molecule has 1 fully saturated rings. The Morgan fingerprint density at radius 2 is 2.05 bits per heavy atom. The molecule has 1 heterocycles. The lowest BCUT2D eigenvalue weighted by atomic mass is 9.97. The number of rotatable bonds is 6. The second-order valence-corrected chi connectivity index (χ2v) is 6.01. The van der Waals surface area contributed by atoms with Gasteiger partial charge in [0.25, 0.3) is 0 Å². The Bertz CT molecular complexity index is 303. The first-order chi connectivity index (χ1) is 9.08. The Balaban J connectivity index is 2.23. The molecule has 0 bridgehead atoms. The first-order valence-corrected chi connectivity index (χ1v) is 7.78. The quantitative estimate of drug-likeness (QED) is 0.731. The number of esters is 1. The van der Waals surface area contributed by atoms with Crippen molar-refractivity contribution in [1.82, 2.24) is 4.90 Å². The Morgan fingerprint density at radius 3 is 2.58 bits per heavy atom. The number of aliphatic hydroxyl groups is 1. The van der Waals surface area contributed by atoms with Crippen LogP contribution in [-0.4, -0.2) is 60.2 Å². The normalized spacial score (nSPS) is 18.2. The van der Waals surface area contributed by atoms with E-state index in [0.29, 0.717) is 31.7 Å². The van der Waals surface area contributed by atoms with Crippen LogP contribution in [0.25, 0.3) is 0 Å². The largest absolute Gasteiger partial charge is 0.469 e. The number of methoxy groups -OCH3 is 1. The summed E-state index contributed by atoms with van der Waals surface area (Å²) < 4.78 is 4.72. The summed E-state index contributed by atoms with van der Waals surface area (Å²) in [6, 6.07) is 0. The highest BCUT2D eigenvalue weighted by molar-refractivity contribution is 7.99. The van der Waals surface area contributed by atoms with E-state index in [1.165, 1.54) is 7.11 Å². The molecule has 5 nitrogen and oxygen atoms in total. The maximum Gasteiger partial charge on any atom is 0.308 e. The highest BCUT2D eigenvalue weighted by Crippen LogP contribution is 2.19. The zero-order valence-electron chi connectivity index (χ0n) is 11.6. The molecule has 0 saturated carbocycles. The van der Waals surface area contributed by atoms with Crippen LogP contribution < -0.4 is 0 Å². The Kier molecular flexibility index (Phi) is 7.23. The fourth-order valence-electron chi connectivity index (χ4n) is 2.02. The molecule has 0 aliphatic carbocycles. The van der Waals surface area contributed by atoms with E-state index in [4.69, 9.17) is 9.84 Å². The van der Waals surface area contributed by atoms with Gasteiger partial charge in [-0.2, -0.15) is 11.8 Å². The molecule has 1 aliphatic heterocycles. The van der Waals surface area contributed by atoms with Crippen molar-refractivity contribution in [3.8, 4) is 0 Å². The standard InChI is InChI=1S/C13H23NO4S/c1-10(7-15)8-19-9-12(16)14-5-3-11(4-6-14)13(17)18-2/h10-11,15H,3-9H2,1-2H3. The first-order valence-electron chi connectivity index (χ1n) is 6.62. The summed E-state index contributed by atoms with van der Waals surface area (Å²) in [5, 5.41) is 8.90. The highest BCUT2D eigenvalue weighted by atomic mass is 32.2. The van der Waals surface area contributed by atoms with Crippen LogP contribution in [0, 0.1) is 11.8 Å². The summed E-state index contributed by atoms with van der Waals surface area (Å²) in [7, 11) is 1.40. The van der Waals surface area contributed by atoms with E-state index in [9.17, 15) is 9.59 Å². The van der Waals surface area contributed by atoms with E-state index < -0.39 is 0 Å². The van der Waals surface area contributed by atoms with Crippen LogP contribution in [0.2, 0.25) is 0 Å². The Hall–Kier alpha value is -0.750. The lowest BCUT2D eigenvalue weighted by Gasteiger charge is -2.30. The van der Waals surface area contributed by atoms with Crippen LogP contribution in [-0.2, 0) is 14.3 Å². The molecule has 1 atom stereocenters. The van der Waals surface area contributed by atoms with Gasteiger partial charge < -0.3 is 14.7 Å². The third kappa shape index (κ3) is 5.40. The van der Waals surface area contributed by atoms with Gasteiger partial charge in [0.15, 0.2) is 0 Å². The van der Waals surface area contributed by atoms with E-state index in [-0.39, 0.29) is 30.3 Å². The van der Waals surface area contributed by atoms with Crippen molar-refractivity contribution < 1.29 is 19.4 Å². The zero-order chi connectivity index (χ0) is 14.3. The molecule has 19 heavy (non-hydrogen) atoms. The number of hydrogen-bond donors (Lipinski definition) is 1. The van der Waals surface area contributed by atoms with Gasteiger partial charge in [0.2, 0.25) is 5.91 Å². The van der Waals surface area contributed by atoms with E-state index in [1.807, 2.05) is 11.8 Å². The molecule has 1 saturated heterocycles. The monoisotopic (exact) mass is 289 g/mol. The number of nitrogens with zero attached hydrogens (tertiary/aromatic N) is 1. The van der Waals surface area contributed by atoms with Crippen LogP contribution in [0.4, 0.5) is 0 Å². The second kappa shape index (κ2) is 8.43. The number of amides is 1. The van der Waals surface area contributed by atoms with Gasteiger partial charge in [-0.1, -0.05) is 6.92 Å². The molecule has 110 valence electrons. The fraction of sp³-hybridized carbons (Fsp3) is 0.846. The first kappa shape index (κ1) is 16.3. The lowest BCUT2D eigenvalue weighted by Crippen LogP contribution is -2.41. The third-order valence-electron chi connectivity index (χ3n) is 3.32. The van der Waals surface area contributed by atoms with Gasteiger partial charge in [-0.3, -0.25) is 9.59 Å². The predicted molar refractivity (Wildman–Crippen MR) is 74.9 cm³/mol. The molecule has 6 heteroatoms. The van der Waals surface area contributed by atoms with Crippen molar-refractivity contribution in [2.45, 2.75) is 19.8 Å². The number of carbonyl (C=O) groups excluding carboxylic acids is 2. The zero-order valence-corrected chi connectivity index (χ0v) is 12.4. The highest BCUT2D eigenvalue weighted by Gasteiger charge is 2.27. The van der Waals surface area contributed by atoms with E-state index >= 15 is 0 Å². The summed E-state index contributed by atoms with van der Waals surface area (Å²) in [5.41, 5.74) is 0. The maximum atomic E-state index is 11.9. The van der Waals surface area contributed by atoms with E-state index in [2.05, 4.69) is 0 Å². The summed E-state index contributed by atoms with van der Waals surface area (Å²) in [5.74, 6) is 1.37. The molecule has 0 radical (unpaired) electrons. The average Bonchev–Trinajstić information content (AvgIpc) is 2.46. The molecule has 1 aliphatic rings. The number of carbonyl (C=O) groups is 2. The predicted octanol–water partition coefficient (Wildman–Crippen LogP) is 0.760. The third-order valence-corrected chi connectivity index (χ3v) is 4.58. The van der Waals surface area contributed by atoms with E-state index in [0.717, 1.165) is 5.75 Å². The molecule has 1 N–H and O–H groups in total. The van der Waals surface area contributed by atoms with E-state index in [1.54, 1.807) is 11.8 Å². The van der Waals surface area contributed by atoms with Crippen LogP contribution in [0.3, 0.4) is 0 Å². The minimum absolute atomic E-state index is 0.0592. The number of likely N-dealkylation sites (tertiary alicyclic amines) is 1. The fourth-order valence-corrected chi connectivity index (χ4v) is 3.01. The van der Waals surface area contributed by atoms with Crippen molar-refractivity contribution >= 4 is 23.6 Å². The average molecular weight is 289 g/mol. The van der Waals surface area contributed by atoms with Crippen molar-refractivity contribution in [1.29, 1.82) is 0 Å². The summed E-state index contributed by atoms with van der Waals surface area (Å²) in [6.07, 6.45) is 1.38. The summed E-state index contributed by atoms with van der Waals surface area (Å²) in [4.78, 5) is 25.1. The summed E-state index contributed by atoms with van der Waals surface area (Å²) >= 11 is 1.56. The smallest absolute Gasteiger partial charge is 0.308 e. The van der Waals surface area contributed by atoms with Gasteiger partial charge in [0.05, 0.1) is 18.8 Å². The van der Waals surface area contributed by atoms with Gasteiger partial charge >= 0.3 is 5.97 Å². The van der Waals surface area contributed by atoms with Crippen molar-refractivity contribution in [2.75, 3.05) is 38.3 Å². The molecule has 1 unspecified atom stereocenters. The number of aliphatic hydroxyl groups excluding tert-OH is 1. The minimum Gasteiger partial charge on any atom is -0.469 e. The van der Waals surface area contributed by atoms with Gasteiger partial charge in [-0.05, 0) is 24.5 Å².